The number of benzene rings is 1. The maximum absolute atomic E-state index is 11.7. The lowest BCUT2D eigenvalue weighted by molar-refractivity contribution is -0.137. The first-order valence-electron chi connectivity index (χ1n) is 7.40. The van der Waals surface area contributed by atoms with Crippen LogP contribution in [0, 0.1) is 5.92 Å². The second-order valence-corrected chi connectivity index (χ2v) is 5.57. The normalized spacial score (nSPS) is 13.5. The second kappa shape index (κ2) is 7.59. The van der Waals surface area contributed by atoms with Crippen molar-refractivity contribution in [2.75, 3.05) is 11.9 Å². The van der Waals surface area contributed by atoms with E-state index in [4.69, 9.17) is 5.11 Å². The Morgan fingerprint density at radius 1 is 1.09 bits per heavy atom. The number of carbonyl (C=O) groups is 3. The van der Waals surface area contributed by atoms with Crippen molar-refractivity contribution in [1.82, 2.24) is 5.32 Å². The number of hydrogen-bond acceptors (Lipinski definition) is 3. The number of aliphatic carboxylic acids is 1. The Balaban J connectivity index is 1.75. The SMILES string of the molecule is O=C(O)CNC(=O)Cc1ccc(NC(=O)CCC2CC2)cc1. The summed E-state index contributed by atoms with van der Waals surface area (Å²) in [5, 5.41) is 13.6. The van der Waals surface area contributed by atoms with Crippen molar-refractivity contribution in [3.8, 4) is 0 Å². The first kappa shape index (κ1) is 16.0. The highest BCUT2D eigenvalue weighted by atomic mass is 16.4. The molecule has 0 aromatic heterocycles. The van der Waals surface area contributed by atoms with Gasteiger partial charge in [0.15, 0.2) is 0 Å². The number of rotatable bonds is 8. The van der Waals surface area contributed by atoms with Crippen LogP contribution in [0.5, 0.6) is 0 Å². The Morgan fingerprint density at radius 2 is 1.77 bits per heavy atom. The van der Waals surface area contributed by atoms with Gasteiger partial charge in [-0.2, -0.15) is 0 Å². The summed E-state index contributed by atoms with van der Waals surface area (Å²) >= 11 is 0. The number of carboxylic acid groups (broad SMARTS) is 1. The maximum atomic E-state index is 11.7. The summed E-state index contributed by atoms with van der Waals surface area (Å²) in [6.07, 6.45) is 4.10. The molecule has 1 aromatic carbocycles. The van der Waals surface area contributed by atoms with Crippen LogP contribution in [-0.4, -0.2) is 29.4 Å². The standard InChI is InChI=1S/C16H20N2O4/c19-14(8-5-11-1-2-11)18-13-6-3-12(4-7-13)9-15(20)17-10-16(21)22/h3-4,6-7,11H,1-2,5,8-10H2,(H,17,20)(H,18,19)(H,21,22). The molecule has 0 spiro atoms. The molecule has 6 nitrogen and oxygen atoms in total. The highest BCUT2D eigenvalue weighted by Crippen LogP contribution is 2.33. The van der Waals surface area contributed by atoms with E-state index in [0.717, 1.165) is 17.9 Å². The Labute approximate surface area is 128 Å². The molecule has 1 aliphatic carbocycles. The Kier molecular flexibility index (Phi) is 5.52. The lowest BCUT2D eigenvalue weighted by Crippen LogP contribution is -2.30. The number of amides is 2. The predicted octanol–water partition coefficient (Wildman–Crippen LogP) is 1.56. The topological polar surface area (TPSA) is 95.5 Å². The molecule has 1 aromatic rings. The highest BCUT2D eigenvalue weighted by molar-refractivity contribution is 5.90. The smallest absolute Gasteiger partial charge is 0.322 e. The third kappa shape index (κ3) is 5.95. The minimum atomic E-state index is -1.07. The molecule has 0 aliphatic heterocycles. The van der Waals surface area contributed by atoms with Gasteiger partial charge in [-0.1, -0.05) is 25.0 Å². The fourth-order valence-corrected chi connectivity index (χ4v) is 2.09. The van der Waals surface area contributed by atoms with Crippen LogP contribution in [0.4, 0.5) is 5.69 Å². The molecule has 0 radical (unpaired) electrons. The minimum Gasteiger partial charge on any atom is -0.480 e. The van der Waals surface area contributed by atoms with Crippen LogP contribution in [0.2, 0.25) is 0 Å². The monoisotopic (exact) mass is 304 g/mol. The van der Waals surface area contributed by atoms with E-state index in [1.165, 1.54) is 12.8 Å². The van der Waals surface area contributed by atoms with Crippen LogP contribution in [-0.2, 0) is 20.8 Å². The van der Waals surface area contributed by atoms with E-state index < -0.39 is 5.97 Å². The van der Waals surface area contributed by atoms with E-state index in [0.29, 0.717) is 12.1 Å². The van der Waals surface area contributed by atoms with Crippen molar-refractivity contribution in [3.05, 3.63) is 29.8 Å². The Hall–Kier alpha value is -2.37. The molecule has 0 atom stereocenters. The summed E-state index contributed by atoms with van der Waals surface area (Å²) in [5.41, 5.74) is 1.47. The molecular weight excluding hydrogens is 284 g/mol. The van der Waals surface area contributed by atoms with Crippen molar-refractivity contribution >= 4 is 23.5 Å². The molecule has 118 valence electrons. The average molecular weight is 304 g/mol. The summed E-state index contributed by atoms with van der Waals surface area (Å²) in [7, 11) is 0. The summed E-state index contributed by atoms with van der Waals surface area (Å²) in [6.45, 7) is -0.381. The fraction of sp³-hybridized carbons (Fsp3) is 0.438. The van der Waals surface area contributed by atoms with Gasteiger partial charge in [0.2, 0.25) is 11.8 Å². The number of carbonyl (C=O) groups excluding carboxylic acids is 2. The van der Waals surface area contributed by atoms with Crippen molar-refractivity contribution < 1.29 is 19.5 Å². The lowest BCUT2D eigenvalue weighted by Gasteiger charge is -2.07. The van der Waals surface area contributed by atoms with Gasteiger partial charge in [-0.05, 0) is 30.0 Å². The van der Waals surface area contributed by atoms with Gasteiger partial charge < -0.3 is 15.7 Å². The van der Waals surface area contributed by atoms with E-state index >= 15 is 0 Å². The molecule has 2 amide bonds. The molecule has 6 heteroatoms. The van der Waals surface area contributed by atoms with Gasteiger partial charge >= 0.3 is 5.97 Å². The van der Waals surface area contributed by atoms with E-state index in [1.807, 2.05) is 0 Å². The van der Waals surface area contributed by atoms with Crippen LogP contribution in [0.15, 0.2) is 24.3 Å². The number of nitrogens with one attached hydrogen (secondary N) is 2. The number of carboxylic acids is 1. The fourth-order valence-electron chi connectivity index (χ4n) is 2.09. The van der Waals surface area contributed by atoms with Crippen LogP contribution in [0.3, 0.4) is 0 Å². The molecule has 3 N–H and O–H groups in total. The zero-order chi connectivity index (χ0) is 15.9. The molecule has 0 heterocycles. The van der Waals surface area contributed by atoms with Gasteiger partial charge in [0.05, 0.1) is 6.42 Å². The first-order valence-corrected chi connectivity index (χ1v) is 7.40. The molecule has 1 aliphatic rings. The van der Waals surface area contributed by atoms with Gasteiger partial charge in [0.1, 0.15) is 6.54 Å². The van der Waals surface area contributed by atoms with E-state index in [-0.39, 0.29) is 24.8 Å². The predicted molar refractivity (Wildman–Crippen MR) is 81.4 cm³/mol. The number of anilines is 1. The first-order chi connectivity index (χ1) is 10.5. The van der Waals surface area contributed by atoms with Crippen molar-refractivity contribution in [2.45, 2.75) is 32.1 Å². The molecule has 22 heavy (non-hydrogen) atoms. The molecule has 2 rings (SSSR count). The van der Waals surface area contributed by atoms with Gasteiger partial charge in [-0.25, -0.2) is 0 Å². The largest absolute Gasteiger partial charge is 0.480 e. The van der Waals surface area contributed by atoms with Crippen LogP contribution in [0.1, 0.15) is 31.2 Å². The third-order valence-corrected chi connectivity index (χ3v) is 3.52. The second-order valence-electron chi connectivity index (χ2n) is 5.57. The zero-order valence-electron chi connectivity index (χ0n) is 12.3. The van der Waals surface area contributed by atoms with E-state index in [2.05, 4.69) is 10.6 Å². The van der Waals surface area contributed by atoms with E-state index in [9.17, 15) is 14.4 Å². The van der Waals surface area contributed by atoms with Crippen molar-refractivity contribution in [1.29, 1.82) is 0 Å². The minimum absolute atomic E-state index is 0.0128. The summed E-state index contributed by atoms with van der Waals surface area (Å²) in [5.74, 6) is -0.669. The van der Waals surface area contributed by atoms with Gasteiger partial charge in [0.25, 0.3) is 0 Å². The van der Waals surface area contributed by atoms with Gasteiger partial charge in [-0.3, -0.25) is 14.4 Å². The van der Waals surface area contributed by atoms with Crippen molar-refractivity contribution in [3.63, 3.8) is 0 Å². The quantitative estimate of drug-likeness (QED) is 0.679. The molecule has 1 saturated carbocycles. The molecule has 0 bridgehead atoms. The Bertz CT molecular complexity index is 550. The summed E-state index contributed by atoms with van der Waals surface area (Å²) in [4.78, 5) is 33.6. The van der Waals surface area contributed by atoms with Crippen LogP contribution in [0.25, 0.3) is 0 Å². The Morgan fingerprint density at radius 3 is 2.36 bits per heavy atom. The van der Waals surface area contributed by atoms with E-state index in [1.54, 1.807) is 24.3 Å². The maximum Gasteiger partial charge on any atom is 0.322 e. The zero-order valence-corrected chi connectivity index (χ0v) is 12.3. The molecule has 1 fully saturated rings. The summed E-state index contributed by atoms with van der Waals surface area (Å²) < 4.78 is 0. The summed E-state index contributed by atoms with van der Waals surface area (Å²) in [6, 6.07) is 6.98. The number of hydrogen-bond donors (Lipinski definition) is 3. The van der Waals surface area contributed by atoms with Crippen LogP contribution >= 0.6 is 0 Å². The highest BCUT2D eigenvalue weighted by Gasteiger charge is 2.21. The molecule has 0 saturated heterocycles. The van der Waals surface area contributed by atoms with Crippen LogP contribution < -0.4 is 10.6 Å². The third-order valence-electron chi connectivity index (χ3n) is 3.52. The van der Waals surface area contributed by atoms with Gasteiger partial charge in [0, 0.05) is 12.1 Å². The van der Waals surface area contributed by atoms with Crippen molar-refractivity contribution in [2.24, 2.45) is 5.92 Å². The average Bonchev–Trinajstić information content (AvgIpc) is 3.29. The molecular formula is C16H20N2O4. The molecule has 0 unspecified atom stereocenters. The lowest BCUT2D eigenvalue weighted by atomic mass is 10.1. The van der Waals surface area contributed by atoms with Gasteiger partial charge in [-0.15, -0.1) is 0 Å².